The molecule has 7 nitrogen and oxygen atoms in total. The van der Waals surface area contributed by atoms with Crippen LogP contribution >= 0.6 is 0 Å². The van der Waals surface area contributed by atoms with Crippen LogP contribution in [-0.2, 0) is 4.74 Å². The molecule has 3 atom stereocenters. The molecule has 29 heavy (non-hydrogen) atoms. The number of benzene rings is 1. The number of aliphatic hydroxyl groups is 1. The molecular weight excluding hydrogens is 372 g/mol. The minimum absolute atomic E-state index is 0.0558. The molecule has 4 rings (SSSR count). The first-order chi connectivity index (χ1) is 14.1. The maximum Gasteiger partial charge on any atom is 0.255 e. The topological polar surface area (TPSA) is 80.3 Å². The number of carbonyl (C=O) groups excluding carboxylic acids is 1. The molecular formula is C22H32N2O5. The van der Waals surface area contributed by atoms with E-state index in [2.05, 4.69) is 10.2 Å². The van der Waals surface area contributed by atoms with Gasteiger partial charge in [0.15, 0.2) is 11.5 Å². The van der Waals surface area contributed by atoms with Gasteiger partial charge in [0.2, 0.25) is 0 Å². The predicted molar refractivity (Wildman–Crippen MR) is 109 cm³/mol. The van der Waals surface area contributed by atoms with Gasteiger partial charge in [-0.1, -0.05) is 0 Å². The maximum atomic E-state index is 12.9. The van der Waals surface area contributed by atoms with Crippen LogP contribution in [0.1, 0.15) is 41.6 Å². The van der Waals surface area contributed by atoms with Gasteiger partial charge in [0, 0.05) is 38.6 Å². The fourth-order valence-corrected chi connectivity index (χ4v) is 4.42. The van der Waals surface area contributed by atoms with E-state index in [0.29, 0.717) is 49.5 Å². The van der Waals surface area contributed by atoms with Crippen molar-refractivity contribution in [3.8, 4) is 11.5 Å². The van der Waals surface area contributed by atoms with Crippen molar-refractivity contribution in [1.82, 2.24) is 10.2 Å². The molecule has 1 aromatic carbocycles. The summed E-state index contributed by atoms with van der Waals surface area (Å²) >= 11 is 0. The number of amides is 1. The highest BCUT2D eigenvalue weighted by atomic mass is 16.5. The normalized spacial score (nSPS) is 27.4. The van der Waals surface area contributed by atoms with Gasteiger partial charge in [-0.3, -0.25) is 9.69 Å². The van der Waals surface area contributed by atoms with Crippen LogP contribution in [-0.4, -0.2) is 74.1 Å². The molecule has 3 aliphatic heterocycles. The molecule has 160 valence electrons. The Kier molecular flexibility index (Phi) is 6.57. The van der Waals surface area contributed by atoms with Crippen molar-refractivity contribution in [3.05, 3.63) is 23.3 Å². The number of fused-ring (bicyclic) bond motifs is 1. The summed E-state index contributed by atoms with van der Waals surface area (Å²) in [5.74, 6) is 1.04. The second kappa shape index (κ2) is 9.32. The first-order valence-electron chi connectivity index (χ1n) is 10.8. The molecule has 0 bridgehead atoms. The van der Waals surface area contributed by atoms with E-state index >= 15 is 0 Å². The number of aliphatic hydroxyl groups excluding tert-OH is 1. The highest BCUT2D eigenvalue weighted by Gasteiger charge is 2.30. The molecule has 7 heteroatoms. The van der Waals surface area contributed by atoms with E-state index in [9.17, 15) is 9.90 Å². The SMILES string of the molecule is Cc1cc2c(c(C(=O)NCC3CCN(CC4CCCO4)CC3O)c1)OCCCO2. The quantitative estimate of drug-likeness (QED) is 0.778. The van der Waals surface area contributed by atoms with Crippen molar-refractivity contribution in [2.75, 3.05) is 46.0 Å². The number of carbonyl (C=O) groups is 1. The van der Waals surface area contributed by atoms with Gasteiger partial charge in [0.05, 0.1) is 31.0 Å². The van der Waals surface area contributed by atoms with Gasteiger partial charge in [0.25, 0.3) is 5.91 Å². The van der Waals surface area contributed by atoms with Crippen LogP contribution in [0.25, 0.3) is 0 Å². The monoisotopic (exact) mass is 404 g/mol. The minimum Gasteiger partial charge on any atom is -0.490 e. The van der Waals surface area contributed by atoms with E-state index in [1.54, 1.807) is 0 Å². The molecule has 3 unspecified atom stereocenters. The average Bonchev–Trinajstić information content (AvgIpc) is 3.09. The number of nitrogens with zero attached hydrogens (tertiary/aromatic N) is 1. The Morgan fingerprint density at radius 3 is 2.86 bits per heavy atom. The summed E-state index contributed by atoms with van der Waals surface area (Å²) in [6, 6.07) is 3.74. The van der Waals surface area contributed by atoms with Gasteiger partial charge in [-0.2, -0.15) is 0 Å². The minimum atomic E-state index is -0.445. The Bertz CT molecular complexity index is 719. The first kappa shape index (κ1) is 20.4. The highest BCUT2D eigenvalue weighted by Crippen LogP contribution is 2.34. The van der Waals surface area contributed by atoms with Crippen molar-refractivity contribution in [3.63, 3.8) is 0 Å². The van der Waals surface area contributed by atoms with E-state index in [-0.39, 0.29) is 11.8 Å². The zero-order valence-electron chi connectivity index (χ0n) is 17.2. The highest BCUT2D eigenvalue weighted by molar-refractivity contribution is 5.98. The van der Waals surface area contributed by atoms with Crippen LogP contribution in [0.3, 0.4) is 0 Å². The lowest BCUT2D eigenvalue weighted by atomic mass is 9.93. The average molecular weight is 405 g/mol. The van der Waals surface area contributed by atoms with Gasteiger partial charge in [-0.25, -0.2) is 0 Å². The third-order valence-electron chi connectivity index (χ3n) is 6.05. The number of β-amino-alcohol motifs (C(OH)–C–C–N with tert-alkyl or cyclic N) is 1. The van der Waals surface area contributed by atoms with Gasteiger partial charge < -0.3 is 24.6 Å². The number of likely N-dealkylation sites (tertiary alicyclic amines) is 1. The lowest BCUT2D eigenvalue weighted by Gasteiger charge is -2.37. The second-order valence-electron chi connectivity index (χ2n) is 8.41. The fourth-order valence-electron chi connectivity index (χ4n) is 4.42. The molecule has 1 amide bonds. The van der Waals surface area contributed by atoms with Crippen molar-refractivity contribution in [1.29, 1.82) is 0 Å². The predicted octanol–water partition coefficient (Wildman–Crippen LogP) is 1.75. The summed E-state index contributed by atoms with van der Waals surface area (Å²) in [4.78, 5) is 15.2. The Balaban J connectivity index is 1.32. The number of nitrogens with one attached hydrogen (secondary N) is 1. The standard InChI is InChI=1S/C22H32N2O5/c1-15-10-18(21-20(11-15)28-8-3-9-29-21)22(26)23-12-16-5-6-24(14-19(16)25)13-17-4-2-7-27-17/h10-11,16-17,19,25H,2-9,12-14H2,1H3,(H,23,26). The Morgan fingerprint density at radius 1 is 1.21 bits per heavy atom. The molecule has 0 saturated carbocycles. The largest absolute Gasteiger partial charge is 0.490 e. The van der Waals surface area contributed by atoms with Crippen LogP contribution in [0.5, 0.6) is 11.5 Å². The van der Waals surface area contributed by atoms with Gasteiger partial charge in [-0.15, -0.1) is 0 Å². The summed E-state index contributed by atoms with van der Waals surface area (Å²) in [6.07, 6.45) is 3.76. The first-order valence-corrected chi connectivity index (χ1v) is 10.8. The van der Waals surface area contributed by atoms with Crippen LogP contribution in [0.2, 0.25) is 0 Å². The molecule has 1 aromatic rings. The molecule has 0 spiro atoms. The number of ether oxygens (including phenoxy) is 3. The van der Waals surface area contributed by atoms with E-state index in [0.717, 1.165) is 50.9 Å². The molecule has 2 saturated heterocycles. The van der Waals surface area contributed by atoms with Crippen molar-refractivity contribution in [2.45, 2.75) is 44.8 Å². The van der Waals surface area contributed by atoms with Gasteiger partial charge in [0.1, 0.15) is 0 Å². The summed E-state index contributed by atoms with van der Waals surface area (Å²) in [5, 5.41) is 13.6. The summed E-state index contributed by atoms with van der Waals surface area (Å²) < 4.78 is 17.2. The van der Waals surface area contributed by atoms with Crippen LogP contribution in [0.4, 0.5) is 0 Å². The number of hydrogen-bond acceptors (Lipinski definition) is 6. The van der Waals surface area contributed by atoms with Crippen molar-refractivity contribution in [2.24, 2.45) is 5.92 Å². The third kappa shape index (κ3) is 5.02. The van der Waals surface area contributed by atoms with E-state index < -0.39 is 6.10 Å². The summed E-state index contributed by atoms with van der Waals surface area (Å²) in [6.45, 7) is 6.84. The summed E-state index contributed by atoms with van der Waals surface area (Å²) in [7, 11) is 0. The number of rotatable bonds is 5. The van der Waals surface area contributed by atoms with Crippen molar-refractivity contribution >= 4 is 5.91 Å². The molecule has 0 aliphatic carbocycles. The molecule has 3 heterocycles. The summed E-state index contributed by atoms with van der Waals surface area (Å²) in [5.41, 5.74) is 1.47. The van der Waals surface area contributed by atoms with Crippen LogP contribution in [0.15, 0.2) is 12.1 Å². The lowest BCUT2D eigenvalue weighted by Crippen LogP contribution is -2.49. The fraction of sp³-hybridized carbons (Fsp3) is 0.682. The van der Waals surface area contributed by atoms with Crippen LogP contribution < -0.4 is 14.8 Å². The Morgan fingerprint density at radius 2 is 2.07 bits per heavy atom. The van der Waals surface area contributed by atoms with Crippen molar-refractivity contribution < 1.29 is 24.1 Å². The molecule has 3 aliphatic rings. The zero-order valence-corrected chi connectivity index (χ0v) is 17.2. The Hall–Kier alpha value is -1.83. The molecule has 0 aromatic heterocycles. The maximum absolute atomic E-state index is 12.9. The van der Waals surface area contributed by atoms with Crippen LogP contribution in [0, 0.1) is 12.8 Å². The smallest absolute Gasteiger partial charge is 0.255 e. The number of hydrogen-bond donors (Lipinski definition) is 2. The zero-order chi connectivity index (χ0) is 20.2. The molecule has 2 N–H and O–H groups in total. The number of piperidine rings is 1. The second-order valence-corrected chi connectivity index (χ2v) is 8.41. The third-order valence-corrected chi connectivity index (χ3v) is 6.05. The van der Waals surface area contributed by atoms with E-state index in [4.69, 9.17) is 14.2 Å². The van der Waals surface area contributed by atoms with E-state index in [1.165, 1.54) is 0 Å². The molecule has 0 radical (unpaired) electrons. The molecule has 2 fully saturated rings. The Labute approximate surface area is 172 Å². The lowest BCUT2D eigenvalue weighted by molar-refractivity contribution is -0.00191. The number of aryl methyl sites for hydroxylation is 1. The van der Waals surface area contributed by atoms with Gasteiger partial charge in [-0.05, 0) is 50.4 Å². The van der Waals surface area contributed by atoms with Gasteiger partial charge >= 0.3 is 0 Å². The van der Waals surface area contributed by atoms with E-state index in [1.807, 2.05) is 19.1 Å².